The summed E-state index contributed by atoms with van der Waals surface area (Å²) in [5.74, 6) is 0.265. The number of carboxylic acid groups (broad SMARTS) is 1. The van der Waals surface area contributed by atoms with Gasteiger partial charge in [-0.05, 0) is 44.0 Å². The number of hydrogen-bond donors (Lipinski definition) is 1. The molecule has 0 amide bonds. The minimum Gasteiger partial charge on any atom is -0.493 e. The van der Waals surface area contributed by atoms with Gasteiger partial charge in [-0.25, -0.2) is 9.78 Å². The van der Waals surface area contributed by atoms with Crippen molar-refractivity contribution in [3.8, 4) is 17.0 Å². The summed E-state index contributed by atoms with van der Waals surface area (Å²) in [4.78, 5) is 17.0. The summed E-state index contributed by atoms with van der Waals surface area (Å²) < 4.78 is 11.8. The molecule has 0 saturated heterocycles. The lowest BCUT2D eigenvalue weighted by atomic mass is 9.99. The van der Waals surface area contributed by atoms with Crippen LogP contribution >= 0.6 is 0 Å². The first kappa shape index (κ1) is 19.0. The van der Waals surface area contributed by atoms with Crippen LogP contribution in [0.4, 0.5) is 0 Å². The van der Waals surface area contributed by atoms with Crippen molar-refractivity contribution in [1.82, 2.24) is 4.98 Å². The maximum Gasteiger partial charge on any atom is 0.336 e. The number of pyridine rings is 1. The predicted molar refractivity (Wildman–Crippen MR) is 114 cm³/mol. The number of hydrogen-bond acceptors (Lipinski definition) is 4. The van der Waals surface area contributed by atoms with Gasteiger partial charge in [0.05, 0.1) is 28.8 Å². The third-order valence-electron chi connectivity index (χ3n) is 5.14. The topological polar surface area (TPSA) is 72.6 Å². The second-order valence-electron chi connectivity index (χ2n) is 7.20. The molecule has 0 aliphatic carbocycles. The van der Waals surface area contributed by atoms with Gasteiger partial charge in [-0.1, -0.05) is 37.6 Å². The van der Waals surface area contributed by atoms with Crippen LogP contribution in [0.15, 0.2) is 46.9 Å². The third kappa shape index (κ3) is 3.33. The van der Waals surface area contributed by atoms with Crippen LogP contribution in [-0.2, 0) is 0 Å². The summed E-state index contributed by atoms with van der Waals surface area (Å²) >= 11 is 0. The molecule has 2 heterocycles. The van der Waals surface area contributed by atoms with E-state index in [0.29, 0.717) is 34.7 Å². The highest BCUT2D eigenvalue weighted by Gasteiger charge is 2.21. The Hall–Kier alpha value is -3.34. The predicted octanol–water partition coefficient (Wildman–Crippen LogP) is 6.14. The van der Waals surface area contributed by atoms with Crippen LogP contribution in [0.2, 0.25) is 0 Å². The number of para-hydroxylation sites is 1. The number of benzene rings is 2. The number of ether oxygens (including phenoxy) is 1. The molecule has 0 spiro atoms. The fourth-order valence-electron chi connectivity index (χ4n) is 3.67. The van der Waals surface area contributed by atoms with E-state index in [1.54, 1.807) is 6.07 Å². The number of aromatic nitrogens is 1. The monoisotopic (exact) mass is 389 g/mol. The lowest BCUT2D eigenvalue weighted by molar-refractivity contribution is 0.0698. The molecule has 0 atom stereocenters. The van der Waals surface area contributed by atoms with Crippen molar-refractivity contribution in [1.29, 1.82) is 0 Å². The van der Waals surface area contributed by atoms with E-state index >= 15 is 0 Å². The van der Waals surface area contributed by atoms with Crippen molar-refractivity contribution >= 4 is 27.8 Å². The quantitative estimate of drug-likeness (QED) is 0.401. The molecule has 0 bridgehead atoms. The molecule has 1 N–H and O–H groups in total. The Morgan fingerprint density at radius 2 is 1.97 bits per heavy atom. The molecule has 0 unspecified atom stereocenters. The summed E-state index contributed by atoms with van der Waals surface area (Å²) in [5.41, 5.74) is 3.89. The minimum atomic E-state index is -1.00. The Kier molecular flexibility index (Phi) is 4.97. The zero-order valence-corrected chi connectivity index (χ0v) is 16.8. The first-order valence-corrected chi connectivity index (χ1v) is 9.80. The van der Waals surface area contributed by atoms with Crippen molar-refractivity contribution in [3.63, 3.8) is 0 Å². The number of furan rings is 1. The van der Waals surface area contributed by atoms with E-state index in [9.17, 15) is 9.90 Å². The molecule has 0 aliphatic heterocycles. The normalized spacial score (nSPS) is 11.3. The molecular formula is C24H23NO4. The molecule has 0 radical (unpaired) electrons. The van der Waals surface area contributed by atoms with Crippen molar-refractivity contribution in [2.75, 3.05) is 6.61 Å². The largest absolute Gasteiger partial charge is 0.493 e. The number of unbranched alkanes of at least 4 members (excludes halogenated alkanes) is 1. The van der Waals surface area contributed by atoms with Crippen LogP contribution in [0.3, 0.4) is 0 Å². The highest BCUT2D eigenvalue weighted by atomic mass is 16.5. The molecule has 29 heavy (non-hydrogen) atoms. The van der Waals surface area contributed by atoms with Gasteiger partial charge < -0.3 is 14.3 Å². The van der Waals surface area contributed by atoms with Crippen molar-refractivity contribution in [3.05, 3.63) is 59.4 Å². The molecule has 4 rings (SSSR count). The second-order valence-corrected chi connectivity index (χ2v) is 7.20. The van der Waals surface area contributed by atoms with Gasteiger partial charge in [-0.15, -0.1) is 0 Å². The number of nitrogens with zero attached hydrogens (tertiary/aromatic N) is 1. The van der Waals surface area contributed by atoms with Crippen molar-refractivity contribution in [2.45, 2.75) is 33.6 Å². The van der Waals surface area contributed by atoms with E-state index in [0.717, 1.165) is 34.9 Å². The van der Waals surface area contributed by atoms with Crippen molar-refractivity contribution < 1.29 is 19.1 Å². The minimum absolute atomic E-state index is 0.185. The Bertz CT molecular complexity index is 1220. The standard InChI is InChI=1S/C24H23NO4/c1-4-5-12-28-20-11-10-14(2)23-22(20)17(24(26)27)13-18(25-23)21-15(3)29-19-9-7-6-8-16(19)21/h6-11,13H,4-5,12H2,1-3H3,(H,26,27). The highest BCUT2D eigenvalue weighted by molar-refractivity contribution is 6.08. The number of carboxylic acids is 1. The van der Waals surface area contributed by atoms with E-state index in [1.807, 2.05) is 50.2 Å². The average Bonchev–Trinajstić information content (AvgIpc) is 3.05. The average molecular weight is 389 g/mol. The molecule has 5 nitrogen and oxygen atoms in total. The van der Waals surface area contributed by atoms with Gasteiger partial charge in [-0.2, -0.15) is 0 Å². The van der Waals surface area contributed by atoms with Gasteiger partial charge in [0, 0.05) is 10.9 Å². The van der Waals surface area contributed by atoms with Crippen LogP contribution in [-0.4, -0.2) is 22.7 Å². The summed E-state index contributed by atoms with van der Waals surface area (Å²) in [5, 5.41) is 11.4. The summed E-state index contributed by atoms with van der Waals surface area (Å²) in [7, 11) is 0. The molecule has 4 aromatic rings. The summed E-state index contributed by atoms with van der Waals surface area (Å²) in [6.07, 6.45) is 1.91. The lowest BCUT2D eigenvalue weighted by Crippen LogP contribution is -2.05. The SMILES string of the molecule is CCCCOc1ccc(C)c2nc(-c3c(C)oc4ccccc34)cc(C(=O)O)c12. The third-order valence-corrected chi connectivity index (χ3v) is 5.14. The Morgan fingerprint density at radius 3 is 2.72 bits per heavy atom. The molecule has 2 aromatic heterocycles. The molecule has 5 heteroatoms. The van der Waals surface area contributed by atoms with Gasteiger partial charge in [0.2, 0.25) is 0 Å². The molecular weight excluding hydrogens is 366 g/mol. The van der Waals surface area contributed by atoms with E-state index in [2.05, 4.69) is 6.92 Å². The van der Waals surface area contributed by atoms with Gasteiger partial charge in [0.15, 0.2) is 0 Å². The summed E-state index contributed by atoms with van der Waals surface area (Å²) in [6.45, 7) is 6.44. The second kappa shape index (κ2) is 7.59. The van der Waals surface area contributed by atoms with E-state index < -0.39 is 5.97 Å². The maximum atomic E-state index is 12.2. The first-order chi connectivity index (χ1) is 14.0. The highest BCUT2D eigenvalue weighted by Crippen LogP contribution is 2.38. The molecule has 2 aromatic carbocycles. The molecule has 0 saturated carbocycles. The summed E-state index contributed by atoms with van der Waals surface area (Å²) in [6, 6.07) is 13.1. The zero-order chi connectivity index (χ0) is 20.5. The van der Waals surface area contributed by atoms with Crippen LogP contribution in [0.1, 0.15) is 41.4 Å². The smallest absolute Gasteiger partial charge is 0.336 e. The van der Waals surface area contributed by atoms with Gasteiger partial charge >= 0.3 is 5.97 Å². The molecule has 0 fully saturated rings. The molecule has 0 aliphatic rings. The lowest BCUT2D eigenvalue weighted by Gasteiger charge is -2.14. The number of carbonyl (C=O) groups is 1. The van der Waals surface area contributed by atoms with Gasteiger partial charge in [0.1, 0.15) is 17.1 Å². The van der Waals surface area contributed by atoms with E-state index in [4.69, 9.17) is 14.1 Å². The number of rotatable bonds is 6. The van der Waals surface area contributed by atoms with Crippen LogP contribution in [0.25, 0.3) is 33.1 Å². The van der Waals surface area contributed by atoms with Crippen molar-refractivity contribution in [2.24, 2.45) is 0 Å². The number of aromatic carboxylic acids is 1. The van der Waals surface area contributed by atoms with Gasteiger partial charge in [-0.3, -0.25) is 0 Å². The van der Waals surface area contributed by atoms with Crippen LogP contribution in [0.5, 0.6) is 5.75 Å². The van der Waals surface area contributed by atoms with E-state index in [-0.39, 0.29) is 5.56 Å². The number of fused-ring (bicyclic) bond motifs is 2. The Labute approximate surface area is 168 Å². The van der Waals surface area contributed by atoms with Gasteiger partial charge in [0.25, 0.3) is 0 Å². The molecule has 148 valence electrons. The van der Waals surface area contributed by atoms with Crippen LogP contribution in [0, 0.1) is 13.8 Å². The zero-order valence-electron chi connectivity index (χ0n) is 16.8. The Morgan fingerprint density at radius 1 is 1.17 bits per heavy atom. The Balaban J connectivity index is 1.99. The number of aryl methyl sites for hydroxylation is 2. The fourth-order valence-corrected chi connectivity index (χ4v) is 3.67. The first-order valence-electron chi connectivity index (χ1n) is 9.80. The van der Waals surface area contributed by atoms with Crippen LogP contribution < -0.4 is 4.74 Å². The maximum absolute atomic E-state index is 12.2. The fraction of sp³-hybridized carbons (Fsp3) is 0.250. The van der Waals surface area contributed by atoms with E-state index in [1.165, 1.54) is 0 Å².